The van der Waals surface area contributed by atoms with Crippen LogP contribution >= 0.6 is 11.6 Å². The molecule has 0 bridgehead atoms. The number of aromatic hydroxyl groups is 1. The number of hydrogen-bond acceptors (Lipinski definition) is 4. The Labute approximate surface area is 137 Å². The predicted molar refractivity (Wildman–Crippen MR) is 86.1 cm³/mol. The van der Waals surface area contributed by atoms with E-state index in [9.17, 15) is 9.90 Å². The zero-order valence-electron chi connectivity index (χ0n) is 11.9. The lowest BCUT2D eigenvalue weighted by Gasteiger charge is -2.16. The number of halogens is 1. The number of allylic oxidation sites excluding steroid dienone is 1. The second-order valence-corrected chi connectivity index (χ2v) is 5.75. The smallest absolute Gasteiger partial charge is 0.231 e. The second kappa shape index (κ2) is 5.18. The SMILES string of the molecule is O=C1/C(=C\C2=Cc3cc(Cl)ccc3OC2)Oc2cc(O)ccc21. The van der Waals surface area contributed by atoms with Crippen molar-refractivity contribution in [2.75, 3.05) is 6.61 Å². The Balaban J connectivity index is 1.69. The van der Waals surface area contributed by atoms with E-state index < -0.39 is 0 Å². The Bertz CT molecular complexity index is 896. The molecular weight excluding hydrogens is 316 g/mol. The predicted octanol–water partition coefficient (Wildman–Crippen LogP) is 3.98. The van der Waals surface area contributed by atoms with Gasteiger partial charge in [0.1, 0.15) is 23.9 Å². The number of phenolic OH excluding ortho intramolecular Hbond substituents is 1. The maximum Gasteiger partial charge on any atom is 0.231 e. The number of carbonyl (C=O) groups excluding carboxylic acids is 1. The van der Waals surface area contributed by atoms with Gasteiger partial charge in [0.25, 0.3) is 0 Å². The molecular formula is C18H11ClO4. The molecule has 0 saturated heterocycles. The molecule has 1 N–H and O–H groups in total. The Morgan fingerprint density at radius 3 is 2.87 bits per heavy atom. The van der Waals surface area contributed by atoms with Crippen LogP contribution in [0.3, 0.4) is 0 Å². The highest BCUT2D eigenvalue weighted by Gasteiger charge is 2.28. The third-order valence-corrected chi connectivity index (χ3v) is 3.91. The van der Waals surface area contributed by atoms with Crippen LogP contribution in [0.1, 0.15) is 15.9 Å². The highest BCUT2D eigenvalue weighted by atomic mass is 35.5. The summed E-state index contributed by atoms with van der Waals surface area (Å²) in [5, 5.41) is 10.1. The van der Waals surface area contributed by atoms with Gasteiger partial charge in [-0.05, 0) is 48.1 Å². The van der Waals surface area contributed by atoms with Crippen molar-refractivity contribution in [3.8, 4) is 17.2 Å². The minimum Gasteiger partial charge on any atom is -0.508 e. The number of carbonyl (C=O) groups is 1. The molecule has 0 radical (unpaired) electrons. The zero-order valence-corrected chi connectivity index (χ0v) is 12.6. The molecule has 0 amide bonds. The first-order valence-electron chi connectivity index (χ1n) is 7.00. The van der Waals surface area contributed by atoms with Crippen molar-refractivity contribution >= 4 is 23.5 Å². The maximum absolute atomic E-state index is 12.3. The minimum atomic E-state index is -0.210. The van der Waals surface area contributed by atoms with E-state index in [1.807, 2.05) is 12.1 Å². The van der Waals surface area contributed by atoms with Gasteiger partial charge < -0.3 is 14.6 Å². The Morgan fingerprint density at radius 2 is 2.00 bits per heavy atom. The summed E-state index contributed by atoms with van der Waals surface area (Å²) in [5.74, 6) is 1.18. The van der Waals surface area contributed by atoms with Gasteiger partial charge in [-0.3, -0.25) is 4.79 Å². The summed E-state index contributed by atoms with van der Waals surface area (Å²) in [5.41, 5.74) is 2.10. The lowest BCUT2D eigenvalue weighted by atomic mass is 10.1. The number of ether oxygens (including phenoxy) is 2. The average molecular weight is 327 g/mol. The van der Waals surface area contributed by atoms with E-state index in [1.165, 1.54) is 12.1 Å². The lowest BCUT2D eigenvalue weighted by Crippen LogP contribution is -2.08. The van der Waals surface area contributed by atoms with Gasteiger partial charge in [-0.2, -0.15) is 0 Å². The molecule has 0 unspecified atom stereocenters. The van der Waals surface area contributed by atoms with Gasteiger partial charge in [-0.15, -0.1) is 0 Å². The first kappa shape index (κ1) is 13.9. The third-order valence-electron chi connectivity index (χ3n) is 3.68. The molecule has 0 aromatic heterocycles. The molecule has 0 aliphatic carbocycles. The molecule has 0 saturated carbocycles. The molecule has 2 aromatic carbocycles. The van der Waals surface area contributed by atoms with Crippen LogP contribution in [-0.2, 0) is 0 Å². The summed E-state index contributed by atoms with van der Waals surface area (Å²) >= 11 is 5.99. The highest BCUT2D eigenvalue weighted by Crippen LogP contribution is 2.35. The van der Waals surface area contributed by atoms with E-state index in [0.717, 1.165) is 16.9 Å². The highest BCUT2D eigenvalue weighted by molar-refractivity contribution is 6.30. The summed E-state index contributed by atoms with van der Waals surface area (Å²) in [6, 6.07) is 9.82. The van der Waals surface area contributed by atoms with Gasteiger partial charge in [0, 0.05) is 16.7 Å². The molecule has 23 heavy (non-hydrogen) atoms. The topological polar surface area (TPSA) is 55.8 Å². The lowest BCUT2D eigenvalue weighted by molar-refractivity contribution is 0.101. The van der Waals surface area contributed by atoms with E-state index in [-0.39, 0.29) is 17.3 Å². The first-order valence-corrected chi connectivity index (χ1v) is 7.38. The zero-order chi connectivity index (χ0) is 16.0. The van der Waals surface area contributed by atoms with Gasteiger partial charge in [0.15, 0.2) is 5.76 Å². The van der Waals surface area contributed by atoms with E-state index in [4.69, 9.17) is 21.1 Å². The fourth-order valence-corrected chi connectivity index (χ4v) is 2.77. The number of rotatable bonds is 1. The van der Waals surface area contributed by atoms with Crippen LogP contribution in [0.15, 0.2) is 53.8 Å². The number of ketones is 1. The minimum absolute atomic E-state index is 0.0570. The Kier molecular flexibility index (Phi) is 3.13. The van der Waals surface area contributed by atoms with Gasteiger partial charge in [0.2, 0.25) is 5.78 Å². The second-order valence-electron chi connectivity index (χ2n) is 5.31. The van der Waals surface area contributed by atoms with Crippen molar-refractivity contribution in [2.45, 2.75) is 0 Å². The molecule has 2 heterocycles. The number of fused-ring (bicyclic) bond motifs is 2. The van der Waals surface area contributed by atoms with Crippen LogP contribution in [0.2, 0.25) is 5.02 Å². The van der Waals surface area contributed by atoms with Crippen molar-refractivity contribution in [3.63, 3.8) is 0 Å². The van der Waals surface area contributed by atoms with E-state index in [1.54, 1.807) is 24.3 Å². The quantitative estimate of drug-likeness (QED) is 0.805. The van der Waals surface area contributed by atoms with E-state index in [0.29, 0.717) is 22.9 Å². The fourth-order valence-electron chi connectivity index (χ4n) is 2.59. The summed E-state index contributed by atoms with van der Waals surface area (Å²) < 4.78 is 11.2. The number of hydrogen-bond donors (Lipinski definition) is 1. The molecule has 2 aromatic rings. The van der Waals surface area contributed by atoms with Gasteiger partial charge in [-0.25, -0.2) is 0 Å². The largest absolute Gasteiger partial charge is 0.508 e. The molecule has 0 spiro atoms. The number of phenols is 1. The molecule has 114 valence electrons. The van der Waals surface area contributed by atoms with E-state index in [2.05, 4.69) is 0 Å². The van der Waals surface area contributed by atoms with E-state index >= 15 is 0 Å². The van der Waals surface area contributed by atoms with Gasteiger partial charge in [0.05, 0.1) is 5.56 Å². The molecule has 0 atom stereocenters. The maximum atomic E-state index is 12.3. The number of benzene rings is 2. The molecule has 4 nitrogen and oxygen atoms in total. The van der Waals surface area contributed by atoms with Crippen LogP contribution in [0.5, 0.6) is 17.2 Å². The van der Waals surface area contributed by atoms with Crippen LogP contribution in [0.4, 0.5) is 0 Å². The van der Waals surface area contributed by atoms with Crippen molar-refractivity contribution in [1.82, 2.24) is 0 Å². The van der Waals surface area contributed by atoms with Crippen LogP contribution in [0, 0.1) is 0 Å². The van der Waals surface area contributed by atoms with Crippen LogP contribution < -0.4 is 9.47 Å². The molecule has 2 aliphatic rings. The molecule has 0 fully saturated rings. The van der Waals surface area contributed by atoms with Crippen molar-refractivity contribution in [2.24, 2.45) is 0 Å². The van der Waals surface area contributed by atoms with Crippen molar-refractivity contribution in [1.29, 1.82) is 0 Å². The molecule has 5 heteroatoms. The van der Waals surface area contributed by atoms with Crippen LogP contribution in [0.25, 0.3) is 6.08 Å². The molecule has 2 aliphatic heterocycles. The van der Waals surface area contributed by atoms with Crippen molar-refractivity contribution < 1.29 is 19.4 Å². The normalized spacial score (nSPS) is 17.2. The summed E-state index contributed by atoms with van der Waals surface area (Å²) in [6.07, 6.45) is 3.57. The van der Waals surface area contributed by atoms with Gasteiger partial charge in [-0.1, -0.05) is 11.6 Å². The Hall–Kier alpha value is -2.72. The first-order chi connectivity index (χ1) is 11.1. The third kappa shape index (κ3) is 2.47. The Morgan fingerprint density at radius 1 is 1.13 bits per heavy atom. The van der Waals surface area contributed by atoms with Crippen molar-refractivity contribution in [3.05, 3.63) is 70.0 Å². The average Bonchev–Trinajstić information content (AvgIpc) is 2.82. The summed E-state index contributed by atoms with van der Waals surface area (Å²) in [4.78, 5) is 12.3. The summed E-state index contributed by atoms with van der Waals surface area (Å²) in [7, 11) is 0. The van der Waals surface area contributed by atoms with Crippen LogP contribution in [-0.4, -0.2) is 17.5 Å². The fraction of sp³-hybridized carbons (Fsp3) is 0.0556. The monoisotopic (exact) mass is 326 g/mol. The molecule has 4 rings (SSSR count). The standard InChI is InChI=1S/C18H11ClO4/c19-12-1-4-15-11(7-12)5-10(9-22-15)6-17-18(21)14-3-2-13(20)8-16(14)23-17/h1-8,20H,9H2/b17-6+. The number of Topliss-reactive ketones (excluding diaryl/α,β-unsaturated/α-hetero) is 1. The summed E-state index contributed by atoms with van der Waals surface area (Å²) in [6.45, 7) is 0.344. The van der Waals surface area contributed by atoms with Gasteiger partial charge >= 0.3 is 0 Å².